The summed E-state index contributed by atoms with van der Waals surface area (Å²) in [5, 5.41) is 12.6. The summed E-state index contributed by atoms with van der Waals surface area (Å²) in [5.74, 6) is 0.890. The Balaban J connectivity index is 0.00000242. The molecule has 0 fully saturated rings. The fourth-order valence-electron chi connectivity index (χ4n) is 2.12. The van der Waals surface area contributed by atoms with Gasteiger partial charge >= 0.3 is 0 Å². The number of hydrogen-bond acceptors (Lipinski definition) is 3. The van der Waals surface area contributed by atoms with Gasteiger partial charge in [-0.05, 0) is 18.1 Å². The average molecular weight is 321 g/mol. The molecule has 2 aromatic carbocycles. The van der Waals surface area contributed by atoms with E-state index in [2.05, 4.69) is 30.4 Å². The maximum absolute atomic E-state index is 9.23. The van der Waals surface area contributed by atoms with Crippen molar-refractivity contribution >= 4 is 0 Å². The van der Waals surface area contributed by atoms with Gasteiger partial charge in [0.25, 0.3) is 0 Å². The molecule has 1 unspecified atom stereocenters. The van der Waals surface area contributed by atoms with Gasteiger partial charge in [-0.25, -0.2) is 0 Å². The van der Waals surface area contributed by atoms with E-state index in [9.17, 15) is 5.11 Å². The van der Waals surface area contributed by atoms with Crippen molar-refractivity contribution in [2.45, 2.75) is 32.5 Å². The topological polar surface area (TPSA) is 41.5 Å². The standard InChI is InChI=1S/C18H23NO2.ClH/c1-2-17(13-20)19-12-16-10-6-7-11-18(16)21-14-15-8-4-3-5-9-15;/h3-11,17,19-20H,2,12-14H2,1H3;1H/p-1. The van der Waals surface area contributed by atoms with Gasteiger partial charge in [-0.2, -0.15) is 0 Å². The SMILES string of the molecule is CCC(CO)NCc1ccccc1OCc1ccccc1.[Cl-]. The number of rotatable bonds is 8. The Morgan fingerprint density at radius 1 is 1.05 bits per heavy atom. The van der Waals surface area contributed by atoms with Gasteiger partial charge in [0.1, 0.15) is 12.4 Å². The van der Waals surface area contributed by atoms with Crippen LogP contribution >= 0.6 is 0 Å². The zero-order valence-corrected chi connectivity index (χ0v) is 13.6. The van der Waals surface area contributed by atoms with Crippen LogP contribution in [0.1, 0.15) is 24.5 Å². The molecule has 0 radical (unpaired) electrons. The van der Waals surface area contributed by atoms with Crippen LogP contribution in [0.3, 0.4) is 0 Å². The third kappa shape index (κ3) is 5.68. The van der Waals surface area contributed by atoms with Crippen molar-refractivity contribution in [2.24, 2.45) is 0 Å². The molecule has 120 valence electrons. The molecule has 3 nitrogen and oxygen atoms in total. The van der Waals surface area contributed by atoms with Crippen molar-refractivity contribution in [3.05, 3.63) is 65.7 Å². The first-order chi connectivity index (χ1) is 10.3. The van der Waals surface area contributed by atoms with Crippen molar-refractivity contribution in [1.29, 1.82) is 0 Å². The Hall–Kier alpha value is -1.55. The molecule has 0 bridgehead atoms. The highest BCUT2D eigenvalue weighted by Gasteiger charge is 2.07. The Morgan fingerprint density at radius 3 is 2.41 bits per heavy atom. The van der Waals surface area contributed by atoms with Gasteiger partial charge in [0, 0.05) is 18.2 Å². The highest BCUT2D eigenvalue weighted by Crippen LogP contribution is 2.19. The molecular formula is C18H23ClNO2-. The smallest absolute Gasteiger partial charge is 0.124 e. The number of ether oxygens (including phenoxy) is 1. The first kappa shape index (κ1) is 18.5. The second-order valence-corrected chi connectivity index (χ2v) is 5.05. The Labute approximate surface area is 138 Å². The quantitative estimate of drug-likeness (QED) is 0.726. The fraction of sp³-hybridized carbons (Fsp3) is 0.333. The number of hydrogen-bond donors (Lipinski definition) is 2. The molecule has 0 aliphatic heterocycles. The number of aliphatic hydroxyl groups is 1. The molecule has 4 heteroatoms. The summed E-state index contributed by atoms with van der Waals surface area (Å²) in [5.41, 5.74) is 2.27. The Bertz CT molecular complexity index is 530. The predicted octanol–water partition coefficient (Wildman–Crippen LogP) is 0.130. The molecule has 2 rings (SSSR count). The lowest BCUT2D eigenvalue weighted by molar-refractivity contribution is -0.00000566. The summed E-state index contributed by atoms with van der Waals surface area (Å²) >= 11 is 0. The van der Waals surface area contributed by atoms with Gasteiger partial charge in [-0.3, -0.25) is 0 Å². The summed E-state index contributed by atoms with van der Waals surface area (Å²) in [6.45, 7) is 3.48. The Kier molecular flexibility index (Phi) is 8.60. The molecule has 2 aromatic rings. The zero-order valence-electron chi connectivity index (χ0n) is 12.8. The van der Waals surface area contributed by atoms with E-state index in [1.54, 1.807) is 0 Å². The maximum Gasteiger partial charge on any atom is 0.124 e. The molecular weight excluding hydrogens is 298 g/mol. The summed E-state index contributed by atoms with van der Waals surface area (Å²) in [4.78, 5) is 0. The molecule has 2 N–H and O–H groups in total. The van der Waals surface area contributed by atoms with Gasteiger partial charge in [-0.15, -0.1) is 0 Å². The second-order valence-electron chi connectivity index (χ2n) is 5.05. The van der Waals surface area contributed by atoms with Crippen LogP contribution in [0.15, 0.2) is 54.6 Å². The predicted molar refractivity (Wildman–Crippen MR) is 85.2 cm³/mol. The van der Waals surface area contributed by atoms with Crippen molar-refractivity contribution in [1.82, 2.24) is 5.32 Å². The monoisotopic (exact) mass is 320 g/mol. The fourth-order valence-corrected chi connectivity index (χ4v) is 2.12. The molecule has 0 aromatic heterocycles. The van der Waals surface area contributed by atoms with Crippen molar-refractivity contribution < 1.29 is 22.3 Å². The summed E-state index contributed by atoms with van der Waals surface area (Å²) in [7, 11) is 0. The lowest BCUT2D eigenvalue weighted by Gasteiger charge is -2.16. The first-order valence-electron chi connectivity index (χ1n) is 7.42. The normalized spacial score (nSPS) is 11.5. The molecule has 22 heavy (non-hydrogen) atoms. The number of halogens is 1. The molecule has 0 heterocycles. The minimum Gasteiger partial charge on any atom is -1.00 e. The van der Waals surface area contributed by atoms with E-state index < -0.39 is 0 Å². The lowest BCUT2D eigenvalue weighted by atomic mass is 10.1. The van der Waals surface area contributed by atoms with E-state index >= 15 is 0 Å². The third-order valence-electron chi connectivity index (χ3n) is 3.50. The molecule has 0 saturated carbocycles. The minimum atomic E-state index is 0. The van der Waals surface area contributed by atoms with E-state index in [1.165, 1.54) is 0 Å². The minimum absolute atomic E-state index is 0. The van der Waals surface area contributed by atoms with E-state index in [0.29, 0.717) is 13.2 Å². The van der Waals surface area contributed by atoms with Crippen LogP contribution in [0.4, 0.5) is 0 Å². The number of para-hydroxylation sites is 1. The van der Waals surface area contributed by atoms with E-state index in [1.807, 2.05) is 36.4 Å². The Morgan fingerprint density at radius 2 is 1.73 bits per heavy atom. The van der Waals surface area contributed by atoms with Gasteiger partial charge in [0.05, 0.1) is 6.61 Å². The lowest BCUT2D eigenvalue weighted by Crippen LogP contribution is -3.00. The average Bonchev–Trinajstić information content (AvgIpc) is 2.56. The molecule has 0 amide bonds. The molecule has 0 aliphatic carbocycles. The van der Waals surface area contributed by atoms with Crippen LogP contribution in [-0.4, -0.2) is 17.8 Å². The summed E-state index contributed by atoms with van der Waals surface area (Å²) < 4.78 is 5.92. The maximum atomic E-state index is 9.23. The highest BCUT2D eigenvalue weighted by atomic mass is 35.5. The largest absolute Gasteiger partial charge is 1.00 e. The van der Waals surface area contributed by atoms with Crippen molar-refractivity contribution in [2.75, 3.05) is 6.61 Å². The number of aliphatic hydroxyl groups excluding tert-OH is 1. The third-order valence-corrected chi connectivity index (χ3v) is 3.50. The van der Waals surface area contributed by atoms with Gasteiger partial charge < -0.3 is 27.6 Å². The van der Waals surface area contributed by atoms with E-state index in [0.717, 1.165) is 23.3 Å². The van der Waals surface area contributed by atoms with Crippen LogP contribution < -0.4 is 22.5 Å². The van der Waals surface area contributed by atoms with Crippen LogP contribution in [0.25, 0.3) is 0 Å². The zero-order chi connectivity index (χ0) is 14.9. The van der Waals surface area contributed by atoms with Gasteiger partial charge in [0.15, 0.2) is 0 Å². The van der Waals surface area contributed by atoms with Gasteiger partial charge in [0.2, 0.25) is 0 Å². The van der Waals surface area contributed by atoms with Crippen molar-refractivity contribution in [3.63, 3.8) is 0 Å². The van der Waals surface area contributed by atoms with Gasteiger partial charge in [-0.1, -0.05) is 55.5 Å². The number of nitrogens with one attached hydrogen (secondary N) is 1. The van der Waals surface area contributed by atoms with Crippen LogP contribution in [0.5, 0.6) is 5.75 Å². The van der Waals surface area contributed by atoms with E-state index in [-0.39, 0.29) is 25.1 Å². The molecule has 0 aliphatic rings. The van der Waals surface area contributed by atoms with E-state index in [4.69, 9.17) is 4.74 Å². The highest BCUT2D eigenvalue weighted by molar-refractivity contribution is 5.33. The summed E-state index contributed by atoms with van der Waals surface area (Å²) in [6.07, 6.45) is 0.906. The van der Waals surface area contributed by atoms with Crippen LogP contribution in [0.2, 0.25) is 0 Å². The summed E-state index contributed by atoms with van der Waals surface area (Å²) in [6, 6.07) is 18.3. The molecule has 0 saturated heterocycles. The first-order valence-corrected chi connectivity index (χ1v) is 7.42. The van der Waals surface area contributed by atoms with Crippen LogP contribution in [-0.2, 0) is 13.2 Å². The second kappa shape index (κ2) is 10.2. The van der Waals surface area contributed by atoms with Crippen molar-refractivity contribution in [3.8, 4) is 5.75 Å². The molecule has 0 spiro atoms. The number of benzene rings is 2. The van der Waals surface area contributed by atoms with Crippen LogP contribution in [0, 0.1) is 0 Å². The molecule has 1 atom stereocenters.